The van der Waals surface area contributed by atoms with Gasteiger partial charge in [0.05, 0.1) is 10.7 Å². The highest BCUT2D eigenvalue weighted by atomic mass is 32.1. The van der Waals surface area contributed by atoms with E-state index in [1.165, 1.54) is 44.7 Å². The second-order valence-electron chi connectivity index (χ2n) is 7.84. The molecular formula is C23H36N6S. The minimum atomic E-state index is 0.857. The molecule has 0 amide bonds. The van der Waals surface area contributed by atoms with E-state index in [2.05, 4.69) is 66.1 Å². The molecule has 1 saturated heterocycles. The number of benzene rings is 1. The number of nitrogens with zero attached hydrogens (tertiary/aromatic N) is 4. The van der Waals surface area contributed by atoms with Gasteiger partial charge in [0.15, 0.2) is 5.96 Å². The second kappa shape index (κ2) is 12.7. The summed E-state index contributed by atoms with van der Waals surface area (Å²) in [5, 5.41) is 10.1. The fraction of sp³-hybridized carbons (Fsp3) is 0.565. The van der Waals surface area contributed by atoms with Gasteiger partial charge in [-0.05, 0) is 31.9 Å². The molecule has 1 aliphatic rings. The van der Waals surface area contributed by atoms with E-state index in [1.807, 2.05) is 14.0 Å². The molecule has 1 fully saturated rings. The van der Waals surface area contributed by atoms with Crippen molar-refractivity contribution >= 4 is 17.3 Å². The van der Waals surface area contributed by atoms with Gasteiger partial charge in [0.2, 0.25) is 0 Å². The van der Waals surface area contributed by atoms with Crippen LogP contribution in [0, 0.1) is 6.92 Å². The Morgan fingerprint density at radius 3 is 2.47 bits per heavy atom. The number of rotatable bonds is 10. The molecule has 0 spiro atoms. The van der Waals surface area contributed by atoms with Crippen LogP contribution in [0.1, 0.15) is 29.1 Å². The Balaban J connectivity index is 1.21. The molecule has 30 heavy (non-hydrogen) atoms. The molecule has 0 atom stereocenters. The van der Waals surface area contributed by atoms with Crippen molar-refractivity contribution < 1.29 is 0 Å². The maximum atomic E-state index is 4.50. The van der Waals surface area contributed by atoms with Gasteiger partial charge in [0, 0.05) is 64.7 Å². The highest BCUT2D eigenvalue weighted by molar-refractivity contribution is 7.09. The zero-order valence-corrected chi connectivity index (χ0v) is 19.3. The summed E-state index contributed by atoms with van der Waals surface area (Å²) in [6.45, 7) is 10.8. The number of aryl methyl sites for hydroxylation is 1. The van der Waals surface area contributed by atoms with Gasteiger partial charge in [0.1, 0.15) is 0 Å². The van der Waals surface area contributed by atoms with E-state index in [0.717, 1.165) is 49.1 Å². The molecular weight excluding hydrogens is 392 g/mol. The molecule has 164 valence electrons. The lowest BCUT2D eigenvalue weighted by molar-refractivity contribution is 0.126. The van der Waals surface area contributed by atoms with Crippen molar-refractivity contribution in [3.8, 4) is 0 Å². The number of nitrogens with one attached hydrogen (secondary N) is 2. The average Bonchev–Trinajstić information content (AvgIpc) is 3.19. The summed E-state index contributed by atoms with van der Waals surface area (Å²) >= 11 is 1.71. The van der Waals surface area contributed by atoms with Gasteiger partial charge in [-0.3, -0.25) is 9.89 Å². The summed E-state index contributed by atoms with van der Waals surface area (Å²) < 4.78 is 0. The number of aromatic nitrogens is 1. The number of aliphatic imine (C=N–C) groups is 1. The largest absolute Gasteiger partial charge is 0.356 e. The van der Waals surface area contributed by atoms with Gasteiger partial charge in [0.25, 0.3) is 0 Å². The Kier molecular flexibility index (Phi) is 9.60. The molecule has 0 saturated carbocycles. The van der Waals surface area contributed by atoms with Crippen LogP contribution < -0.4 is 10.6 Å². The maximum Gasteiger partial charge on any atom is 0.190 e. The fourth-order valence-corrected chi connectivity index (χ4v) is 4.38. The molecule has 0 radical (unpaired) electrons. The van der Waals surface area contributed by atoms with Crippen molar-refractivity contribution in [1.29, 1.82) is 0 Å². The fourth-order valence-electron chi connectivity index (χ4n) is 3.73. The Bertz CT molecular complexity index is 752. The van der Waals surface area contributed by atoms with Gasteiger partial charge in [-0.25, -0.2) is 4.98 Å². The summed E-state index contributed by atoms with van der Waals surface area (Å²) in [5.74, 6) is 0.886. The summed E-state index contributed by atoms with van der Waals surface area (Å²) in [6.07, 6.45) is 3.32. The van der Waals surface area contributed by atoms with Crippen LogP contribution in [0.25, 0.3) is 0 Å². The van der Waals surface area contributed by atoms with Gasteiger partial charge >= 0.3 is 0 Å². The smallest absolute Gasteiger partial charge is 0.190 e. The Morgan fingerprint density at radius 1 is 1.03 bits per heavy atom. The quantitative estimate of drug-likeness (QED) is 0.346. The lowest BCUT2D eigenvalue weighted by Gasteiger charge is -2.34. The summed E-state index contributed by atoms with van der Waals surface area (Å²) in [6, 6.07) is 10.8. The third-order valence-corrected chi connectivity index (χ3v) is 6.29. The van der Waals surface area contributed by atoms with E-state index < -0.39 is 0 Å². The normalized spacial score (nSPS) is 16.0. The lowest BCUT2D eigenvalue weighted by Crippen LogP contribution is -2.46. The molecule has 0 bridgehead atoms. The molecule has 2 heterocycles. The van der Waals surface area contributed by atoms with Crippen LogP contribution in [0.3, 0.4) is 0 Å². The van der Waals surface area contributed by atoms with Crippen LogP contribution in [0.2, 0.25) is 0 Å². The first kappa shape index (κ1) is 22.7. The highest BCUT2D eigenvalue weighted by Gasteiger charge is 2.16. The second-order valence-corrected chi connectivity index (χ2v) is 8.91. The Hall–Kier alpha value is -1.96. The minimum absolute atomic E-state index is 0.857. The maximum absolute atomic E-state index is 4.50. The monoisotopic (exact) mass is 428 g/mol. The van der Waals surface area contributed by atoms with E-state index in [1.54, 1.807) is 11.3 Å². The molecule has 0 aliphatic carbocycles. The van der Waals surface area contributed by atoms with Crippen molar-refractivity contribution in [2.45, 2.75) is 32.7 Å². The van der Waals surface area contributed by atoms with Crippen molar-refractivity contribution in [3.05, 3.63) is 52.0 Å². The molecule has 0 unspecified atom stereocenters. The van der Waals surface area contributed by atoms with Gasteiger partial charge in [-0.2, -0.15) is 0 Å². The minimum Gasteiger partial charge on any atom is -0.356 e. The Morgan fingerprint density at radius 2 is 1.77 bits per heavy atom. The van der Waals surface area contributed by atoms with Gasteiger partial charge in [-0.15, -0.1) is 11.3 Å². The van der Waals surface area contributed by atoms with Crippen LogP contribution in [-0.4, -0.2) is 73.6 Å². The lowest BCUT2D eigenvalue weighted by atomic mass is 10.2. The van der Waals surface area contributed by atoms with Crippen molar-refractivity contribution in [1.82, 2.24) is 25.4 Å². The first-order chi connectivity index (χ1) is 14.7. The van der Waals surface area contributed by atoms with Crippen LogP contribution >= 0.6 is 11.3 Å². The van der Waals surface area contributed by atoms with Gasteiger partial charge < -0.3 is 15.5 Å². The number of piperazine rings is 1. The predicted octanol–water partition coefficient (Wildman–Crippen LogP) is 2.76. The highest BCUT2D eigenvalue weighted by Crippen LogP contribution is 2.09. The van der Waals surface area contributed by atoms with E-state index in [-0.39, 0.29) is 0 Å². The number of thiazole rings is 1. The number of unbranched alkanes of at least 4 members (excludes halogenated alkanes) is 1. The Labute approximate surface area is 185 Å². The number of guanidine groups is 1. The third kappa shape index (κ3) is 8.05. The van der Waals surface area contributed by atoms with E-state index in [9.17, 15) is 0 Å². The van der Waals surface area contributed by atoms with E-state index in [0.29, 0.717) is 0 Å². The van der Waals surface area contributed by atoms with Crippen LogP contribution in [0.4, 0.5) is 0 Å². The first-order valence-corrected chi connectivity index (χ1v) is 11.9. The van der Waals surface area contributed by atoms with Crippen LogP contribution in [0.5, 0.6) is 0 Å². The third-order valence-electron chi connectivity index (χ3n) is 5.47. The van der Waals surface area contributed by atoms with Crippen molar-refractivity contribution in [2.75, 3.05) is 52.9 Å². The van der Waals surface area contributed by atoms with E-state index in [4.69, 9.17) is 0 Å². The molecule has 1 aliphatic heterocycles. The summed E-state index contributed by atoms with van der Waals surface area (Å²) in [5.41, 5.74) is 2.57. The van der Waals surface area contributed by atoms with Crippen molar-refractivity contribution in [3.63, 3.8) is 0 Å². The van der Waals surface area contributed by atoms with Gasteiger partial charge in [-0.1, -0.05) is 30.3 Å². The van der Waals surface area contributed by atoms with Crippen LogP contribution in [-0.2, 0) is 13.0 Å². The first-order valence-electron chi connectivity index (χ1n) is 11.1. The molecule has 3 rings (SSSR count). The zero-order chi connectivity index (χ0) is 21.0. The summed E-state index contributed by atoms with van der Waals surface area (Å²) in [4.78, 5) is 14.0. The van der Waals surface area contributed by atoms with Crippen LogP contribution in [0.15, 0.2) is 40.7 Å². The molecule has 2 N–H and O–H groups in total. The number of hydrogen-bond acceptors (Lipinski definition) is 5. The van der Waals surface area contributed by atoms with E-state index >= 15 is 0 Å². The molecule has 7 heteroatoms. The number of hydrogen-bond donors (Lipinski definition) is 2. The SMILES string of the molecule is CN=C(NCCCCN1CCN(Cc2ccccc2)CC1)NCCc1csc(C)n1. The molecule has 6 nitrogen and oxygen atoms in total. The summed E-state index contributed by atoms with van der Waals surface area (Å²) in [7, 11) is 1.83. The standard InChI is InChI=1S/C23H36N6S/c1-20-27-22(19-30-20)10-12-26-23(24-2)25-11-6-7-13-28-14-16-29(17-15-28)18-21-8-4-3-5-9-21/h3-5,8-9,19H,6-7,10-18H2,1-2H3,(H2,24,25,26). The van der Waals surface area contributed by atoms with Crippen molar-refractivity contribution in [2.24, 2.45) is 4.99 Å². The average molecular weight is 429 g/mol. The zero-order valence-electron chi connectivity index (χ0n) is 18.4. The molecule has 1 aromatic carbocycles. The topological polar surface area (TPSA) is 55.8 Å². The molecule has 2 aromatic rings. The molecule has 1 aromatic heterocycles. The predicted molar refractivity (Wildman–Crippen MR) is 127 cm³/mol.